The SMILES string of the molecule is CCN1CC=C(c2ccc3nc(-c4ccc5nc(C)sc5c4)cc(=O)n3c2)CC1. The minimum absolute atomic E-state index is 0.0565. The van der Waals surface area contributed by atoms with Crippen LogP contribution in [0.4, 0.5) is 0 Å². The largest absolute Gasteiger partial charge is 0.300 e. The van der Waals surface area contributed by atoms with Crippen molar-refractivity contribution in [2.75, 3.05) is 19.6 Å². The summed E-state index contributed by atoms with van der Waals surface area (Å²) in [6, 6.07) is 11.7. The molecule has 0 radical (unpaired) electrons. The average Bonchev–Trinajstić information content (AvgIpc) is 3.12. The fourth-order valence-electron chi connectivity index (χ4n) is 3.90. The third-order valence-electron chi connectivity index (χ3n) is 5.56. The highest BCUT2D eigenvalue weighted by molar-refractivity contribution is 7.18. The number of pyridine rings is 1. The van der Waals surface area contributed by atoms with Gasteiger partial charge in [-0.25, -0.2) is 9.97 Å². The molecule has 0 saturated carbocycles. The Bertz CT molecular complexity index is 1320. The first-order chi connectivity index (χ1) is 14.1. The van der Waals surface area contributed by atoms with Crippen LogP contribution in [-0.2, 0) is 0 Å². The monoisotopic (exact) mass is 402 g/mol. The van der Waals surface area contributed by atoms with E-state index in [-0.39, 0.29) is 5.56 Å². The molecule has 5 nitrogen and oxygen atoms in total. The van der Waals surface area contributed by atoms with Gasteiger partial charge in [0.25, 0.3) is 5.56 Å². The van der Waals surface area contributed by atoms with E-state index in [2.05, 4.69) is 35.0 Å². The summed E-state index contributed by atoms with van der Waals surface area (Å²) in [7, 11) is 0. The van der Waals surface area contributed by atoms with Gasteiger partial charge in [-0.05, 0) is 55.3 Å². The zero-order chi connectivity index (χ0) is 20.0. The van der Waals surface area contributed by atoms with Crippen LogP contribution in [0.1, 0.15) is 23.9 Å². The predicted molar refractivity (Wildman–Crippen MR) is 120 cm³/mol. The molecule has 0 spiro atoms. The summed E-state index contributed by atoms with van der Waals surface area (Å²) in [5, 5.41) is 1.04. The van der Waals surface area contributed by atoms with E-state index in [1.165, 1.54) is 5.57 Å². The molecule has 1 aromatic carbocycles. The van der Waals surface area contributed by atoms with E-state index in [1.54, 1.807) is 21.8 Å². The molecule has 4 heterocycles. The lowest BCUT2D eigenvalue weighted by Crippen LogP contribution is -2.28. The molecule has 1 aliphatic heterocycles. The van der Waals surface area contributed by atoms with Crippen molar-refractivity contribution in [2.24, 2.45) is 0 Å². The maximum absolute atomic E-state index is 12.9. The second-order valence-corrected chi connectivity index (χ2v) is 8.65. The predicted octanol–water partition coefficient (Wildman–Crippen LogP) is 4.39. The Labute approximate surface area is 173 Å². The quantitative estimate of drug-likeness (QED) is 0.510. The molecule has 29 heavy (non-hydrogen) atoms. The molecule has 4 aromatic rings. The summed E-state index contributed by atoms with van der Waals surface area (Å²) in [5.74, 6) is 0. The summed E-state index contributed by atoms with van der Waals surface area (Å²) < 4.78 is 2.77. The van der Waals surface area contributed by atoms with Gasteiger partial charge in [-0.1, -0.05) is 19.1 Å². The van der Waals surface area contributed by atoms with Crippen molar-refractivity contribution in [3.05, 3.63) is 69.6 Å². The number of fused-ring (bicyclic) bond motifs is 2. The summed E-state index contributed by atoms with van der Waals surface area (Å²) in [5.41, 5.74) is 5.65. The molecule has 0 saturated heterocycles. The average molecular weight is 403 g/mol. The number of hydrogen-bond donors (Lipinski definition) is 0. The van der Waals surface area contributed by atoms with Crippen LogP contribution in [0.3, 0.4) is 0 Å². The van der Waals surface area contributed by atoms with Crippen LogP contribution >= 0.6 is 11.3 Å². The van der Waals surface area contributed by atoms with Gasteiger partial charge >= 0.3 is 0 Å². The lowest BCUT2D eigenvalue weighted by Gasteiger charge is -2.25. The maximum atomic E-state index is 12.9. The number of aryl methyl sites for hydroxylation is 1. The normalized spacial score (nSPS) is 15.2. The van der Waals surface area contributed by atoms with E-state index in [4.69, 9.17) is 4.98 Å². The molecule has 0 unspecified atom stereocenters. The number of aromatic nitrogens is 3. The van der Waals surface area contributed by atoms with E-state index in [0.717, 1.165) is 52.4 Å². The third-order valence-corrected chi connectivity index (χ3v) is 6.50. The summed E-state index contributed by atoms with van der Waals surface area (Å²) in [4.78, 5) is 24.5. The van der Waals surface area contributed by atoms with Crippen molar-refractivity contribution >= 4 is 32.8 Å². The lowest BCUT2D eigenvalue weighted by atomic mass is 10.0. The van der Waals surface area contributed by atoms with Crippen molar-refractivity contribution in [3.8, 4) is 11.3 Å². The smallest absolute Gasteiger partial charge is 0.258 e. The minimum atomic E-state index is -0.0565. The van der Waals surface area contributed by atoms with Crippen LogP contribution in [-0.4, -0.2) is 38.9 Å². The summed E-state index contributed by atoms with van der Waals surface area (Å²) in [6.45, 7) is 7.29. The zero-order valence-corrected chi connectivity index (χ0v) is 17.4. The molecule has 3 aromatic heterocycles. The van der Waals surface area contributed by atoms with E-state index in [9.17, 15) is 4.79 Å². The molecule has 0 atom stereocenters. The second-order valence-electron chi connectivity index (χ2n) is 7.41. The third kappa shape index (κ3) is 3.39. The van der Waals surface area contributed by atoms with Crippen LogP contribution in [0.15, 0.2) is 53.5 Å². The van der Waals surface area contributed by atoms with Crippen molar-refractivity contribution in [3.63, 3.8) is 0 Å². The number of benzene rings is 1. The molecular formula is C23H22N4OS. The molecule has 0 bridgehead atoms. The molecule has 0 N–H and O–H groups in total. The molecule has 6 heteroatoms. The highest BCUT2D eigenvalue weighted by Gasteiger charge is 2.13. The van der Waals surface area contributed by atoms with Crippen LogP contribution in [0, 0.1) is 6.92 Å². The van der Waals surface area contributed by atoms with Crippen LogP contribution in [0.2, 0.25) is 0 Å². The van der Waals surface area contributed by atoms with Crippen LogP contribution in [0.25, 0.3) is 32.7 Å². The number of likely N-dealkylation sites (N-methyl/N-ethyl adjacent to an activating group) is 1. The number of rotatable bonds is 3. The van der Waals surface area contributed by atoms with Gasteiger partial charge in [-0.3, -0.25) is 14.1 Å². The van der Waals surface area contributed by atoms with Gasteiger partial charge in [0.2, 0.25) is 0 Å². The van der Waals surface area contributed by atoms with E-state index < -0.39 is 0 Å². The molecule has 0 fully saturated rings. The van der Waals surface area contributed by atoms with Gasteiger partial charge in [0.15, 0.2) is 0 Å². The number of nitrogens with zero attached hydrogens (tertiary/aromatic N) is 4. The molecule has 146 valence electrons. The number of thiazole rings is 1. The fourth-order valence-corrected chi connectivity index (χ4v) is 4.77. The molecule has 0 amide bonds. The Balaban J connectivity index is 1.54. The van der Waals surface area contributed by atoms with Crippen LogP contribution in [0.5, 0.6) is 0 Å². The van der Waals surface area contributed by atoms with Crippen molar-refractivity contribution in [1.82, 2.24) is 19.3 Å². The van der Waals surface area contributed by atoms with E-state index in [0.29, 0.717) is 11.3 Å². The zero-order valence-electron chi connectivity index (χ0n) is 16.6. The molecule has 1 aliphatic rings. The highest BCUT2D eigenvalue weighted by Crippen LogP contribution is 2.27. The highest BCUT2D eigenvalue weighted by atomic mass is 32.1. The number of hydrogen-bond acceptors (Lipinski definition) is 5. The van der Waals surface area contributed by atoms with E-state index in [1.807, 2.05) is 31.3 Å². The Hall–Kier alpha value is -2.83. The standard InChI is InChI=1S/C23H22N4OS/c1-3-26-10-8-16(9-11-26)18-5-7-22-25-20(13-23(28)27(22)14-18)17-4-6-19-21(12-17)29-15(2)24-19/h4-8,12-14H,3,9-11H2,1-2H3. The Kier molecular flexibility index (Phi) is 4.53. The van der Waals surface area contributed by atoms with Gasteiger partial charge in [-0.2, -0.15) is 0 Å². The van der Waals surface area contributed by atoms with Gasteiger partial charge in [-0.15, -0.1) is 11.3 Å². The fraction of sp³-hybridized carbons (Fsp3) is 0.261. The topological polar surface area (TPSA) is 50.5 Å². The first-order valence-corrected chi connectivity index (χ1v) is 10.7. The van der Waals surface area contributed by atoms with Gasteiger partial charge in [0.1, 0.15) is 5.65 Å². The Morgan fingerprint density at radius 3 is 2.76 bits per heavy atom. The Morgan fingerprint density at radius 2 is 1.97 bits per heavy atom. The summed E-state index contributed by atoms with van der Waals surface area (Å²) >= 11 is 1.66. The molecule has 5 rings (SSSR count). The minimum Gasteiger partial charge on any atom is -0.300 e. The maximum Gasteiger partial charge on any atom is 0.258 e. The summed E-state index contributed by atoms with van der Waals surface area (Å²) in [6.07, 6.45) is 5.21. The molecule has 0 aliphatic carbocycles. The van der Waals surface area contributed by atoms with Crippen molar-refractivity contribution in [1.29, 1.82) is 0 Å². The van der Waals surface area contributed by atoms with Gasteiger partial charge in [0, 0.05) is 30.9 Å². The Morgan fingerprint density at radius 1 is 1.10 bits per heavy atom. The second kappa shape index (κ2) is 7.21. The first kappa shape index (κ1) is 18.2. The van der Waals surface area contributed by atoms with Gasteiger partial charge in [0.05, 0.1) is 20.9 Å². The van der Waals surface area contributed by atoms with E-state index >= 15 is 0 Å². The lowest BCUT2D eigenvalue weighted by molar-refractivity contribution is 0.318. The van der Waals surface area contributed by atoms with Crippen molar-refractivity contribution in [2.45, 2.75) is 20.3 Å². The van der Waals surface area contributed by atoms with Gasteiger partial charge < -0.3 is 0 Å². The van der Waals surface area contributed by atoms with Crippen LogP contribution < -0.4 is 5.56 Å². The molecular weight excluding hydrogens is 380 g/mol. The first-order valence-electron chi connectivity index (χ1n) is 9.93. The van der Waals surface area contributed by atoms with Crippen molar-refractivity contribution < 1.29 is 0 Å².